The molecule has 0 atom stereocenters. The first-order valence-electron chi connectivity index (χ1n) is 5.95. The van der Waals surface area contributed by atoms with Crippen molar-refractivity contribution in [1.29, 1.82) is 0 Å². The van der Waals surface area contributed by atoms with E-state index in [2.05, 4.69) is 32.3 Å². The van der Waals surface area contributed by atoms with Crippen LogP contribution in [-0.2, 0) is 0 Å². The first kappa shape index (κ1) is 11.5. The minimum atomic E-state index is -0.946. The van der Waals surface area contributed by atoms with Crippen LogP contribution in [0.1, 0.15) is 27.7 Å². The van der Waals surface area contributed by atoms with Crippen molar-refractivity contribution in [2.75, 3.05) is 0 Å². The van der Waals surface area contributed by atoms with Gasteiger partial charge in [-0.2, -0.15) is 0 Å². The Labute approximate surface area is 85.5 Å². The van der Waals surface area contributed by atoms with Crippen molar-refractivity contribution < 1.29 is 0 Å². The molecule has 0 unspecified atom stereocenters. The van der Waals surface area contributed by atoms with E-state index in [0.29, 0.717) is 0 Å². The zero-order valence-corrected chi connectivity index (χ0v) is 11.7. The lowest BCUT2D eigenvalue weighted by atomic mass is 10.9. The Morgan fingerprint density at radius 1 is 0.769 bits per heavy atom. The lowest BCUT2D eigenvalue weighted by molar-refractivity contribution is 1.12. The summed E-state index contributed by atoms with van der Waals surface area (Å²) in [5.74, 6) is 0. The van der Waals surface area contributed by atoms with Gasteiger partial charge in [0.1, 0.15) is 16.5 Å². The molecule has 1 aliphatic heterocycles. The van der Waals surface area contributed by atoms with Gasteiger partial charge < -0.3 is 4.65 Å². The normalized spacial score (nSPS) is 24.9. The molecule has 0 aromatic rings. The van der Waals surface area contributed by atoms with Crippen LogP contribution in [0, 0.1) is 0 Å². The van der Waals surface area contributed by atoms with Crippen LogP contribution in [0.4, 0.5) is 0 Å². The van der Waals surface area contributed by atoms with Gasteiger partial charge in [0.2, 0.25) is 0 Å². The first-order chi connectivity index (χ1) is 6.16. The van der Waals surface area contributed by atoms with Gasteiger partial charge in [0.15, 0.2) is 0 Å². The smallest absolute Gasteiger partial charge is 0.118 e. The molecular weight excluding hydrogens is 190 g/mol. The van der Waals surface area contributed by atoms with Crippen LogP contribution in [0.3, 0.4) is 0 Å². The summed E-state index contributed by atoms with van der Waals surface area (Å²) in [6.45, 7) is 9.61. The molecule has 1 heterocycles. The van der Waals surface area contributed by atoms with E-state index in [4.69, 9.17) is 0 Å². The molecule has 13 heavy (non-hydrogen) atoms. The summed E-state index contributed by atoms with van der Waals surface area (Å²) >= 11 is 0. The monoisotopic (exact) mass is 215 g/mol. The zero-order valence-electron chi connectivity index (χ0n) is 9.74. The van der Waals surface area contributed by atoms with Gasteiger partial charge in [0.25, 0.3) is 0 Å². The van der Waals surface area contributed by atoms with Gasteiger partial charge in [-0.05, 0) is 36.3 Å². The molecule has 1 saturated heterocycles. The summed E-state index contributed by atoms with van der Waals surface area (Å²) in [4.78, 5) is 0. The molecule has 1 rings (SSSR count). The summed E-state index contributed by atoms with van der Waals surface area (Å²) in [7, 11) is -1.89. The molecule has 0 aliphatic carbocycles. The Balaban J connectivity index is 2.69. The Hall–Kier alpha value is 0.394. The summed E-state index contributed by atoms with van der Waals surface area (Å²) < 4.78 is 4.19. The van der Waals surface area contributed by atoms with E-state index >= 15 is 0 Å². The van der Waals surface area contributed by atoms with Crippen molar-refractivity contribution in [3.05, 3.63) is 0 Å². The molecule has 0 radical (unpaired) electrons. The fourth-order valence-corrected chi connectivity index (χ4v) is 17.3. The molecule has 0 amide bonds. The highest BCUT2D eigenvalue weighted by atomic mass is 28.4. The molecule has 0 saturated carbocycles. The van der Waals surface area contributed by atoms with Crippen molar-refractivity contribution in [1.82, 2.24) is 4.65 Å². The van der Waals surface area contributed by atoms with E-state index in [9.17, 15) is 0 Å². The van der Waals surface area contributed by atoms with Crippen LogP contribution in [0.5, 0.6) is 0 Å². The third-order valence-electron chi connectivity index (χ3n) is 4.32. The molecule has 1 nitrogen and oxygen atoms in total. The van der Waals surface area contributed by atoms with Gasteiger partial charge in [0.05, 0.1) is 0 Å². The van der Waals surface area contributed by atoms with E-state index < -0.39 is 16.5 Å². The minimum absolute atomic E-state index is 0.946. The topological polar surface area (TPSA) is 12.0 Å². The highest BCUT2D eigenvalue weighted by Crippen LogP contribution is 2.36. The lowest BCUT2D eigenvalue weighted by Gasteiger charge is -2.31. The quantitative estimate of drug-likeness (QED) is 0.707. The van der Waals surface area contributed by atoms with Crippen LogP contribution < -0.4 is 4.65 Å². The maximum Gasteiger partial charge on any atom is 0.118 e. The van der Waals surface area contributed by atoms with Crippen molar-refractivity contribution in [3.8, 4) is 0 Å². The number of hydrogen-bond acceptors (Lipinski definition) is 1. The molecule has 1 fully saturated rings. The van der Waals surface area contributed by atoms with Crippen molar-refractivity contribution >= 4 is 16.5 Å². The molecule has 78 valence electrons. The average molecular weight is 215 g/mol. The third-order valence-corrected chi connectivity index (χ3v) is 16.9. The van der Waals surface area contributed by atoms with E-state index in [1.54, 1.807) is 12.1 Å². The SMILES string of the molecule is CC[Si]1(CC)CC[Si](CC)(CC)N1. The van der Waals surface area contributed by atoms with Gasteiger partial charge >= 0.3 is 0 Å². The fourth-order valence-electron chi connectivity index (χ4n) is 2.73. The molecule has 0 aromatic carbocycles. The van der Waals surface area contributed by atoms with Gasteiger partial charge in [0, 0.05) is 0 Å². The third kappa shape index (κ3) is 2.08. The van der Waals surface area contributed by atoms with Crippen molar-refractivity contribution in [2.24, 2.45) is 0 Å². The van der Waals surface area contributed by atoms with Crippen molar-refractivity contribution in [2.45, 2.75) is 64.0 Å². The predicted molar refractivity (Wildman–Crippen MR) is 66.2 cm³/mol. The molecule has 1 aliphatic rings. The van der Waals surface area contributed by atoms with E-state index in [1.165, 1.54) is 24.2 Å². The molecule has 3 heteroatoms. The van der Waals surface area contributed by atoms with Crippen LogP contribution >= 0.6 is 0 Å². The zero-order chi connectivity index (χ0) is 9.95. The molecular formula is C10H25NSi2. The van der Waals surface area contributed by atoms with Crippen LogP contribution in [0.25, 0.3) is 0 Å². The average Bonchev–Trinajstić information content (AvgIpc) is 2.59. The standard InChI is InChI=1S/C10H25NSi2/c1-5-12(6-2)9-10-13(7-3,8-4)11-12/h11H,5-10H2,1-4H3. The summed E-state index contributed by atoms with van der Waals surface area (Å²) in [6.07, 6.45) is 0. The van der Waals surface area contributed by atoms with Gasteiger partial charge in [-0.15, -0.1) is 0 Å². The second-order valence-electron chi connectivity index (χ2n) is 4.60. The number of nitrogens with one attached hydrogen (secondary N) is 1. The summed E-state index contributed by atoms with van der Waals surface area (Å²) in [5, 5.41) is 0. The number of hydrogen-bond donors (Lipinski definition) is 1. The van der Waals surface area contributed by atoms with Crippen LogP contribution in [0.2, 0.25) is 36.3 Å². The molecule has 0 spiro atoms. The highest BCUT2D eigenvalue weighted by Gasteiger charge is 2.46. The highest BCUT2D eigenvalue weighted by molar-refractivity contribution is 6.97. The Morgan fingerprint density at radius 3 is 1.23 bits per heavy atom. The van der Waals surface area contributed by atoms with Gasteiger partial charge in [-0.25, -0.2) is 0 Å². The van der Waals surface area contributed by atoms with Crippen LogP contribution in [0.15, 0.2) is 0 Å². The Morgan fingerprint density at radius 2 is 1.08 bits per heavy atom. The Bertz CT molecular complexity index is 144. The second kappa shape index (κ2) is 4.28. The van der Waals surface area contributed by atoms with Gasteiger partial charge in [-0.3, -0.25) is 0 Å². The van der Waals surface area contributed by atoms with Gasteiger partial charge in [-0.1, -0.05) is 27.7 Å². The maximum atomic E-state index is 4.19. The maximum absolute atomic E-state index is 4.19. The molecule has 0 bridgehead atoms. The predicted octanol–water partition coefficient (Wildman–Crippen LogP) is 3.56. The summed E-state index contributed by atoms with van der Waals surface area (Å²) in [6, 6.07) is 8.98. The minimum Gasteiger partial charge on any atom is -0.359 e. The fraction of sp³-hybridized carbons (Fsp3) is 1.00. The number of rotatable bonds is 4. The lowest BCUT2D eigenvalue weighted by Crippen LogP contribution is -2.56. The van der Waals surface area contributed by atoms with Crippen LogP contribution in [-0.4, -0.2) is 16.5 Å². The molecule has 1 N–H and O–H groups in total. The second-order valence-corrected chi connectivity index (χ2v) is 14.5. The largest absolute Gasteiger partial charge is 0.359 e. The van der Waals surface area contributed by atoms with E-state index in [-0.39, 0.29) is 0 Å². The summed E-state index contributed by atoms with van der Waals surface area (Å²) in [5.41, 5.74) is 0. The van der Waals surface area contributed by atoms with E-state index in [0.717, 1.165) is 0 Å². The molecule has 0 aromatic heterocycles. The van der Waals surface area contributed by atoms with E-state index in [1.807, 2.05) is 0 Å². The first-order valence-corrected chi connectivity index (χ1v) is 11.2. The van der Waals surface area contributed by atoms with Crippen molar-refractivity contribution in [3.63, 3.8) is 0 Å². The Kier molecular flexibility index (Phi) is 3.77.